The number of hydrogen-bond acceptors (Lipinski definition) is 3. The molecule has 1 N–H and O–H groups in total. The standard InChI is InChI=1S/C10H17F2N3S/c1-3-8(7-16-2)14-6-9-13-4-5-15(9)10(11)12/h4-5,8,10,14H,3,6-7H2,1-2H3. The number of nitrogens with one attached hydrogen (secondary N) is 1. The average Bonchev–Trinajstić information content (AvgIpc) is 2.72. The zero-order chi connectivity index (χ0) is 12.0. The van der Waals surface area contributed by atoms with Gasteiger partial charge in [-0.25, -0.2) is 4.98 Å². The van der Waals surface area contributed by atoms with Crippen LogP contribution in [0.1, 0.15) is 25.7 Å². The Morgan fingerprint density at radius 1 is 1.56 bits per heavy atom. The minimum atomic E-state index is -2.51. The predicted octanol–water partition coefficient (Wildman–Crippen LogP) is 2.51. The molecule has 0 fully saturated rings. The lowest BCUT2D eigenvalue weighted by molar-refractivity contribution is 0.0665. The van der Waals surface area contributed by atoms with E-state index in [1.54, 1.807) is 11.8 Å². The van der Waals surface area contributed by atoms with Crippen molar-refractivity contribution in [3.63, 3.8) is 0 Å². The molecule has 1 rings (SSSR count). The summed E-state index contributed by atoms with van der Waals surface area (Å²) in [4.78, 5) is 3.92. The molecule has 0 aliphatic carbocycles. The van der Waals surface area contributed by atoms with Crippen LogP contribution < -0.4 is 5.32 Å². The van der Waals surface area contributed by atoms with Crippen molar-refractivity contribution >= 4 is 11.8 Å². The molecule has 3 nitrogen and oxygen atoms in total. The Kier molecular flexibility index (Phi) is 5.76. The van der Waals surface area contributed by atoms with Crippen LogP contribution in [0.15, 0.2) is 12.4 Å². The smallest absolute Gasteiger partial charge is 0.306 e. The van der Waals surface area contributed by atoms with Gasteiger partial charge in [-0.2, -0.15) is 20.5 Å². The molecule has 0 bridgehead atoms. The zero-order valence-corrected chi connectivity index (χ0v) is 10.3. The summed E-state index contributed by atoms with van der Waals surface area (Å²) in [5.74, 6) is 1.36. The molecule has 16 heavy (non-hydrogen) atoms. The van der Waals surface area contributed by atoms with Crippen molar-refractivity contribution in [3.05, 3.63) is 18.2 Å². The maximum absolute atomic E-state index is 12.5. The van der Waals surface area contributed by atoms with Crippen LogP contribution in [0.2, 0.25) is 0 Å². The molecule has 1 aromatic heterocycles. The number of halogens is 2. The minimum absolute atomic E-state index is 0.345. The third kappa shape index (κ3) is 3.75. The summed E-state index contributed by atoms with van der Waals surface area (Å²) in [6, 6.07) is 0.345. The average molecular weight is 249 g/mol. The largest absolute Gasteiger partial charge is 0.319 e. The van der Waals surface area contributed by atoms with Gasteiger partial charge >= 0.3 is 6.55 Å². The molecule has 0 aromatic carbocycles. The molecular weight excluding hydrogens is 232 g/mol. The lowest BCUT2D eigenvalue weighted by Crippen LogP contribution is -2.31. The second-order valence-corrected chi connectivity index (χ2v) is 4.38. The quantitative estimate of drug-likeness (QED) is 0.805. The molecule has 1 atom stereocenters. The van der Waals surface area contributed by atoms with Gasteiger partial charge in [0.15, 0.2) is 0 Å². The molecular formula is C10H17F2N3S. The van der Waals surface area contributed by atoms with Gasteiger partial charge in [0.1, 0.15) is 5.82 Å². The Labute approximate surface area is 98.6 Å². The van der Waals surface area contributed by atoms with Crippen LogP contribution in [0, 0.1) is 0 Å². The van der Waals surface area contributed by atoms with Gasteiger partial charge in [-0.3, -0.25) is 4.57 Å². The lowest BCUT2D eigenvalue weighted by atomic mass is 10.2. The van der Waals surface area contributed by atoms with Crippen molar-refractivity contribution in [2.24, 2.45) is 0 Å². The van der Waals surface area contributed by atoms with E-state index >= 15 is 0 Å². The van der Waals surface area contributed by atoms with Crippen LogP contribution in [0.25, 0.3) is 0 Å². The number of imidazole rings is 1. The molecule has 1 unspecified atom stereocenters. The van der Waals surface area contributed by atoms with E-state index in [0.29, 0.717) is 18.4 Å². The van der Waals surface area contributed by atoms with E-state index in [1.165, 1.54) is 12.4 Å². The van der Waals surface area contributed by atoms with Crippen LogP contribution in [0.4, 0.5) is 8.78 Å². The monoisotopic (exact) mass is 249 g/mol. The van der Waals surface area contributed by atoms with Crippen LogP contribution in [0.5, 0.6) is 0 Å². The molecule has 0 saturated carbocycles. The second-order valence-electron chi connectivity index (χ2n) is 3.47. The van der Waals surface area contributed by atoms with Crippen molar-refractivity contribution in [1.82, 2.24) is 14.9 Å². The first kappa shape index (κ1) is 13.4. The summed E-state index contributed by atoms with van der Waals surface area (Å²) in [6.45, 7) is -0.0518. The Morgan fingerprint density at radius 3 is 2.88 bits per heavy atom. The fourth-order valence-corrected chi connectivity index (χ4v) is 2.17. The summed E-state index contributed by atoms with van der Waals surface area (Å²) >= 11 is 1.74. The third-order valence-corrected chi connectivity index (χ3v) is 3.10. The summed E-state index contributed by atoms with van der Waals surface area (Å²) in [7, 11) is 0. The number of hydrogen-bond donors (Lipinski definition) is 1. The first-order valence-corrected chi connectivity index (χ1v) is 6.60. The maximum Gasteiger partial charge on any atom is 0.319 e. The summed E-state index contributed by atoms with van der Waals surface area (Å²) in [5.41, 5.74) is 0. The molecule has 0 aliphatic rings. The van der Waals surface area contributed by atoms with Gasteiger partial charge in [0.2, 0.25) is 0 Å². The van der Waals surface area contributed by atoms with Gasteiger partial charge in [-0.1, -0.05) is 6.92 Å². The number of nitrogens with zero attached hydrogens (tertiary/aromatic N) is 2. The molecule has 0 saturated heterocycles. The molecule has 0 aliphatic heterocycles. The lowest BCUT2D eigenvalue weighted by Gasteiger charge is -2.15. The highest BCUT2D eigenvalue weighted by Crippen LogP contribution is 2.12. The minimum Gasteiger partial charge on any atom is -0.306 e. The van der Waals surface area contributed by atoms with Crippen LogP contribution in [-0.2, 0) is 6.54 Å². The van der Waals surface area contributed by atoms with Gasteiger partial charge in [-0.05, 0) is 12.7 Å². The highest BCUT2D eigenvalue weighted by atomic mass is 32.2. The predicted molar refractivity (Wildman–Crippen MR) is 62.8 cm³/mol. The van der Waals surface area contributed by atoms with E-state index in [2.05, 4.69) is 17.2 Å². The van der Waals surface area contributed by atoms with E-state index in [1.807, 2.05) is 6.26 Å². The van der Waals surface area contributed by atoms with Gasteiger partial charge in [0, 0.05) is 24.2 Å². The van der Waals surface area contributed by atoms with Gasteiger partial charge in [0.25, 0.3) is 0 Å². The van der Waals surface area contributed by atoms with Crippen LogP contribution >= 0.6 is 11.8 Å². The van der Waals surface area contributed by atoms with Crippen LogP contribution in [-0.4, -0.2) is 27.6 Å². The van der Waals surface area contributed by atoms with Crippen molar-refractivity contribution in [1.29, 1.82) is 0 Å². The SMILES string of the molecule is CCC(CSC)NCc1nccn1C(F)F. The number of rotatable bonds is 7. The summed E-state index contributed by atoms with van der Waals surface area (Å²) in [5, 5.41) is 3.23. The van der Waals surface area contributed by atoms with Crippen LogP contribution in [0.3, 0.4) is 0 Å². The van der Waals surface area contributed by atoms with Gasteiger partial charge in [-0.15, -0.1) is 0 Å². The van der Waals surface area contributed by atoms with E-state index in [-0.39, 0.29) is 0 Å². The molecule has 1 aromatic rings. The van der Waals surface area contributed by atoms with E-state index in [9.17, 15) is 8.78 Å². The van der Waals surface area contributed by atoms with Crippen molar-refractivity contribution in [2.45, 2.75) is 32.5 Å². The molecule has 92 valence electrons. The van der Waals surface area contributed by atoms with Gasteiger partial charge in [0.05, 0.1) is 6.54 Å². The highest BCUT2D eigenvalue weighted by Gasteiger charge is 2.12. The molecule has 0 radical (unpaired) electrons. The highest BCUT2D eigenvalue weighted by molar-refractivity contribution is 7.98. The number of alkyl halides is 2. The Balaban J connectivity index is 2.49. The Morgan fingerprint density at radius 2 is 2.31 bits per heavy atom. The van der Waals surface area contributed by atoms with Crippen molar-refractivity contribution < 1.29 is 8.78 Å². The Hall–Kier alpha value is -0.620. The molecule has 0 amide bonds. The molecule has 0 spiro atoms. The third-order valence-electron chi connectivity index (χ3n) is 2.37. The summed E-state index contributed by atoms with van der Waals surface area (Å²) < 4.78 is 25.9. The second kappa shape index (κ2) is 6.85. The topological polar surface area (TPSA) is 29.9 Å². The number of thioether (sulfide) groups is 1. The fraction of sp³-hybridized carbons (Fsp3) is 0.700. The van der Waals surface area contributed by atoms with E-state index in [0.717, 1.165) is 16.7 Å². The van der Waals surface area contributed by atoms with E-state index in [4.69, 9.17) is 0 Å². The zero-order valence-electron chi connectivity index (χ0n) is 9.49. The first-order chi connectivity index (χ1) is 7.69. The molecule has 1 heterocycles. The molecule has 6 heteroatoms. The first-order valence-electron chi connectivity index (χ1n) is 5.21. The number of aromatic nitrogens is 2. The Bertz CT molecular complexity index is 304. The fourth-order valence-electron chi connectivity index (χ4n) is 1.42. The van der Waals surface area contributed by atoms with Gasteiger partial charge < -0.3 is 5.32 Å². The normalized spacial score (nSPS) is 13.3. The maximum atomic E-state index is 12.5. The van der Waals surface area contributed by atoms with Crippen molar-refractivity contribution in [2.75, 3.05) is 12.0 Å². The van der Waals surface area contributed by atoms with Crippen molar-refractivity contribution in [3.8, 4) is 0 Å². The summed E-state index contributed by atoms with van der Waals surface area (Å²) in [6.07, 6.45) is 5.72. The van der Waals surface area contributed by atoms with E-state index < -0.39 is 6.55 Å².